The number of amidine groups is 1. The van der Waals surface area contributed by atoms with Gasteiger partial charge in [0, 0.05) is 31.0 Å². The molecule has 1 fully saturated rings. The summed E-state index contributed by atoms with van der Waals surface area (Å²) in [6.45, 7) is 2.99. The van der Waals surface area contributed by atoms with E-state index in [0.29, 0.717) is 13.1 Å². The molecule has 0 aliphatic carbocycles. The molecule has 5 N–H and O–H groups in total. The molecule has 1 aromatic rings. The first-order chi connectivity index (χ1) is 9.56. The Balaban J connectivity index is 2.00. The maximum Gasteiger partial charge on any atom is 0.373 e. The smallest absolute Gasteiger partial charge is 0.373 e. The molecule has 0 unspecified atom stereocenters. The third-order valence-electron chi connectivity index (χ3n) is 3.20. The molecule has 1 aromatic carbocycles. The number of anilines is 2. The highest BCUT2D eigenvalue weighted by atomic mass is 16.4. The number of carboxylic acids is 1. The minimum absolute atomic E-state index is 0.370. The SMILES string of the molecule is N/C(=N\N1CCCN(c2ccc(N)cc2)CC1)C(=O)O. The van der Waals surface area contributed by atoms with Crippen molar-refractivity contribution in [3.63, 3.8) is 0 Å². The zero-order valence-corrected chi connectivity index (χ0v) is 11.2. The van der Waals surface area contributed by atoms with Crippen molar-refractivity contribution < 1.29 is 9.90 Å². The van der Waals surface area contributed by atoms with Gasteiger partial charge in [-0.15, -0.1) is 0 Å². The number of benzene rings is 1. The van der Waals surface area contributed by atoms with Crippen molar-refractivity contribution in [2.75, 3.05) is 36.8 Å². The number of nitrogen functional groups attached to an aromatic ring is 1. The van der Waals surface area contributed by atoms with Gasteiger partial charge in [-0.2, -0.15) is 5.10 Å². The Hall–Kier alpha value is -2.44. The van der Waals surface area contributed by atoms with E-state index in [-0.39, 0.29) is 5.84 Å². The van der Waals surface area contributed by atoms with Gasteiger partial charge in [0.15, 0.2) is 0 Å². The highest BCUT2D eigenvalue weighted by molar-refractivity contribution is 6.33. The quantitative estimate of drug-likeness (QED) is 0.403. The van der Waals surface area contributed by atoms with Gasteiger partial charge in [0.05, 0.1) is 6.54 Å². The zero-order valence-electron chi connectivity index (χ0n) is 11.2. The molecule has 7 nitrogen and oxygen atoms in total. The molecule has 0 aromatic heterocycles. The van der Waals surface area contributed by atoms with E-state index >= 15 is 0 Å². The number of nitrogens with zero attached hydrogens (tertiary/aromatic N) is 3. The average molecular weight is 277 g/mol. The van der Waals surface area contributed by atoms with Crippen LogP contribution in [-0.2, 0) is 4.79 Å². The summed E-state index contributed by atoms with van der Waals surface area (Å²) >= 11 is 0. The van der Waals surface area contributed by atoms with Gasteiger partial charge in [-0.3, -0.25) is 5.01 Å². The van der Waals surface area contributed by atoms with Crippen molar-refractivity contribution in [3.8, 4) is 0 Å². The lowest BCUT2D eigenvalue weighted by Crippen LogP contribution is -2.32. The second-order valence-corrected chi connectivity index (χ2v) is 4.68. The van der Waals surface area contributed by atoms with Gasteiger partial charge in [0.2, 0.25) is 5.84 Å². The summed E-state index contributed by atoms with van der Waals surface area (Å²) < 4.78 is 0. The number of hydrogen-bond donors (Lipinski definition) is 3. The largest absolute Gasteiger partial charge is 0.475 e. The van der Waals surface area contributed by atoms with Crippen molar-refractivity contribution in [2.45, 2.75) is 6.42 Å². The van der Waals surface area contributed by atoms with E-state index in [1.165, 1.54) is 0 Å². The lowest BCUT2D eigenvalue weighted by atomic mass is 10.2. The van der Waals surface area contributed by atoms with Crippen LogP contribution in [0.2, 0.25) is 0 Å². The topological polar surface area (TPSA) is 108 Å². The molecule has 20 heavy (non-hydrogen) atoms. The average Bonchev–Trinajstić information content (AvgIpc) is 2.65. The Bertz CT molecular complexity index is 500. The standard InChI is InChI=1S/C13H19N5O2/c14-10-2-4-11(5-3-10)17-6-1-7-18(9-8-17)16-12(15)13(19)20/h2-5H,1,6-9,14H2,(H2,15,16)(H,19,20). The summed E-state index contributed by atoms with van der Waals surface area (Å²) in [4.78, 5) is 12.9. The number of nitrogens with two attached hydrogens (primary N) is 2. The highest BCUT2D eigenvalue weighted by Gasteiger charge is 2.15. The summed E-state index contributed by atoms with van der Waals surface area (Å²) in [7, 11) is 0. The van der Waals surface area contributed by atoms with Crippen LogP contribution in [0, 0.1) is 0 Å². The lowest BCUT2D eigenvalue weighted by molar-refractivity contribution is -0.129. The van der Waals surface area contributed by atoms with Crippen LogP contribution in [0.25, 0.3) is 0 Å². The summed E-state index contributed by atoms with van der Waals surface area (Å²) in [6, 6.07) is 7.72. The van der Waals surface area contributed by atoms with Gasteiger partial charge < -0.3 is 21.5 Å². The first-order valence-electron chi connectivity index (χ1n) is 6.49. The molecule has 1 aliphatic heterocycles. The summed E-state index contributed by atoms with van der Waals surface area (Å²) in [5.74, 6) is -1.56. The fourth-order valence-corrected chi connectivity index (χ4v) is 2.14. The predicted octanol–water partition coefficient (Wildman–Crippen LogP) is 0.138. The fraction of sp³-hybridized carbons (Fsp3) is 0.385. The number of hydrazone groups is 1. The van der Waals surface area contributed by atoms with Gasteiger partial charge in [-0.05, 0) is 30.7 Å². The monoisotopic (exact) mass is 277 g/mol. The van der Waals surface area contributed by atoms with E-state index < -0.39 is 5.97 Å². The van der Waals surface area contributed by atoms with Crippen molar-refractivity contribution in [2.24, 2.45) is 10.8 Å². The Morgan fingerprint density at radius 1 is 1.15 bits per heavy atom. The molecule has 1 heterocycles. The summed E-state index contributed by atoms with van der Waals surface area (Å²) in [6.07, 6.45) is 0.890. The van der Waals surface area contributed by atoms with E-state index in [0.717, 1.165) is 30.9 Å². The molecule has 0 atom stereocenters. The van der Waals surface area contributed by atoms with E-state index in [1.807, 2.05) is 24.3 Å². The Morgan fingerprint density at radius 3 is 2.50 bits per heavy atom. The number of carboxylic acid groups (broad SMARTS) is 1. The van der Waals surface area contributed by atoms with Gasteiger partial charge in [0.25, 0.3) is 0 Å². The van der Waals surface area contributed by atoms with Gasteiger partial charge >= 0.3 is 5.97 Å². The highest BCUT2D eigenvalue weighted by Crippen LogP contribution is 2.18. The number of aliphatic carboxylic acids is 1. The van der Waals surface area contributed by atoms with E-state index in [2.05, 4.69) is 10.0 Å². The Kier molecular flexibility index (Phi) is 4.29. The van der Waals surface area contributed by atoms with Crippen LogP contribution in [-0.4, -0.2) is 48.1 Å². The van der Waals surface area contributed by atoms with Crippen LogP contribution in [0.3, 0.4) is 0 Å². The van der Waals surface area contributed by atoms with Crippen LogP contribution >= 0.6 is 0 Å². The minimum atomic E-state index is -1.19. The van der Waals surface area contributed by atoms with Gasteiger partial charge in [-0.1, -0.05) is 0 Å². The molecule has 108 valence electrons. The van der Waals surface area contributed by atoms with Gasteiger partial charge in [-0.25, -0.2) is 4.79 Å². The number of carbonyl (C=O) groups is 1. The van der Waals surface area contributed by atoms with Crippen LogP contribution in [0.5, 0.6) is 0 Å². The first kappa shape index (κ1) is 14.0. The molecule has 0 radical (unpaired) electrons. The molecule has 1 saturated heterocycles. The molecule has 0 saturated carbocycles. The lowest BCUT2D eigenvalue weighted by Gasteiger charge is -2.22. The van der Waals surface area contributed by atoms with Crippen LogP contribution < -0.4 is 16.4 Å². The zero-order chi connectivity index (χ0) is 14.5. The maximum absolute atomic E-state index is 10.7. The van der Waals surface area contributed by atoms with Crippen LogP contribution in [0.1, 0.15) is 6.42 Å². The number of hydrogen-bond acceptors (Lipinski definition) is 5. The van der Waals surface area contributed by atoms with E-state index in [9.17, 15) is 4.79 Å². The second-order valence-electron chi connectivity index (χ2n) is 4.68. The molecule has 0 bridgehead atoms. The molecule has 1 aliphatic rings. The van der Waals surface area contributed by atoms with Crippen molar-refractivity contribution in [1.82, 2.24) is 5.01 Å². The first-order valence-corrected chi connectivity index (χ1v) is 6.49. The number of rotatable bonds is 2. The second kappa shape index (κ2) is 6.14. The molecule has 7 heteroatoms. The maximum atomic E-state index is 10.7. The van der Waals surface area contributed by atoms with E-state index in [4.69, 9.17) is 16.6 Å². The third-order valence-corrected chi connectivity index (χ3v) is 3.20. The molecular weight excluding hydrogens is 258 g/mol. The molecular formula is C13H19N5O2. The summed E-state index contributed by atoms with van der Waals surface area (Å²) in [5.41, 5.74) is 12.9. The molecule has 0 spiro atoms. The van der Waals surface area contributed by atoms with Crippen molar-refractivity contribution >= 4 is 23.2 Å². The molecule has 2 rings (SSSR count). The Labute approximate surface area is 117 Å². The van der Waals surface area contributed by atoms with Crippen molar-refractivity contribution in [3.05, 3.63) is 24.3 Å². The predicted molar refractivity (Wildman–Crippen MR) is 78.5 cm³/mol. The fourth-order valence-electron chi connectivity index (χ4n) is 2.14. The van der Waals surface area contributed by atoms with Crippen molar-refractivity contribution in [1.29, 1.82) is 0 Å². The Morgan fingerprint density at radius 2 is 1.85 bits per heavy atom. The molecule has 0 amide bonds. The minimum Gasteiger partial charge on any atom is -0.475 e. The van der Waals surface area contributed by atoms with Crippen LogP contribution in [0.4, 0.5) is 11.4 Å². The summed E-state index contributed by atoms with van der Waals surface area (Å²) in [5, 5.41) is 14.4. The van der Waals surface area contributed by atoms with E-state index in [1.54, 1.807) is 5.01 Å². The van der Waals surface area contributed by atoms with Gasteiger partial charge in [0.1, 0.15) is 0 Å². The third kappa shape index (κ3) is 3.53. The normalized spacial score (nSPS) is 16.9. The van der Waals surface area contributed by atoms with Crippen LogP contribution in [0.15, 0.2) is 29.4 Å².